The van der Waals surface area contributed by atoms with Crippen molar-refractivity contribution >= 4 is 33.8 Å². The minimum Gasteiger partial charge on any atom is -0.366 e. The van der Waals surface area contributed by atoms with Crippen LogP contribution in [0.25, 0.3) is 21.5 Å². The van der Waals surface area contributed by atoms with Gasteiger partial charge in [0.1, 0.15) is 5.82 Å². The van der Waals surface area contributed by atoms with E-state index in [-0.39, 0.29) is 0 Å². The average molecular weight is 430 g/mol. The van der Waals surface area contributed by atoms with Crippen LogP contribution < -0.4 is 11.1 Å². The Kier molecular flexibility index (Phi) is 5.13. The van der Waals surface area contributed by atoms with Crippen LogP contribution in [-0.2, 0) is 19.5 Å². The van der Waals surface area contributed by atoms with Crippen molar-refractivity contribution in [2.24, 2.45) is 5.73 Å². The monoisotopic (exact) mass is 429 g/mol. The molecule has 1 aliphatic heterocycles. The molecule has 1 aliphatic rings. The number of carbonyl (C=O) groups is 1. The van der Waals surface area contributed by atoms with Gasteiger partial charge in [0.25, 0.3) is 0 Å². The number of anilines is 1. The summed E-state index contributed by atoms with van der Waals surface area (Å²) in [6.07, 6.45) is 0.886. The average Bonchev–Trinajstić information content (AvgIpc) is 3.22. The summed E-state index contributed by atoms with van der Waals surface area (Å²) in [5.74, 6) is 1.15. The zero-order valence-electron chi connectivity index (χ0n) is 17.3. The van der Waals surface area contributed by atoms with Crippen LogP contribution in [-0.4, -0.2) is 34.4 Å². The number of primary amides is 1. The lowest BCUT2D eigenvalue weighted by Crippen LogP contribution is -2.29. The highest BCUT2D eigenvalue weighted by Gasteiger charge is 2.23. The van der Waals surface area contributed by atoms with Crippen molar-refractivity contribution in [1.29, 1.82) is 0 Å². The molecule has 3 N–H and O–H groups in total. The molecule has 2 aromatic carbocycles. The first-order chi connectivity index (χ1) is 15.1. The molecule has 0 bridgehead atoms. The summed E-state index contributed by atoms with van der Waals surface area (Å²) < 4.78 is 0. The van der Waals surface area contributed by atoms with E-state index in [1.165, 1.54) is 5.56 Å². The number of hydrogen-bond acceptors (Lipinski definition) is 6. The van der Waals surface area contributed by atoms with Crippen LogP contribution in [0.2, 0.25) is 0 Å². The minimum atomic E-state index is -0.422. The zero-order chi connectivity index (χ0) is 21.4. The van der Waals surface area contributed by atoms with Gasteiger partial charge in [-0.05, 0) is 18.7 Å². The zero-order valence-corrected chi connectivity index (χ0v) is 18.1. The molecule has 0 fully saturated rings. The number of carbonyl (C=O) groups excluding carboxylic acids is 1. The number of amides is 1. The highest BCUT2D eigenvalue weighted by Crippen LogP contribution is 2.36. The number of rotatable bonds is 5. The van der Waals surface area contributed by atoms with Crippen molar-refractivity contribution in [3.8, 4) is 10.7 Å². The van der Waals surface area contributed by atoms with E-state index in [0.29, 0.717) is 17.9 Å². The van der Waals surface area contributed by atoms with E-state index in [1.54, 1.807) is 17.4 Å². The van der Waals surface area contributed by atoms with Crippen LogP contribution in [0.5, 0.6) is 0 Å². The maximum absolute atomic E-state index is 11.8. The normalized spacial score (nSPS) is 13.8. The number of nitrogens with zero attached hydrogens (tertiary/aromatic N) is 3. The van der Waals surface area contributed by atoms with E-state index < -0.39 is 5.91 Å². The lowest BCUT2D eigenvalue weighted by Gasteiger charge is -2.26. The molecule has 156 valence electrons. The van der Waals surface area contributed by atoms with Crippen LogP contribution in [0.1, 0.15) is 27.2 Å². The first-order valence-electron chi connectivity index (χ1n) is 10.3. The topological polar surface area (TPSA) is 84.1 Å². The second-order valence-corrected chi connectivity index (χ2v) is 8.72. The third-order valence-electron chi connectivity index (χ3n) is 5.67. The molecule has 0 spiro atoms. The standard InChI is InChI=1S/C24H23N5OS/c1-29-11-10-20-18(13-29)23(26-12-15-6-3-2-4-7-15)28-24(27-20)21-16-8-5-9-17(22(25)30)19(16)14-31-21/h2-9,14H,10-13H2,1H3,(H2,25,30)(H,26,27,28). The van der Waals surface area contributed by atoms with Gasteiger partial charge >= 0.3 is 0 Å². The first kappa shape index (κ1) is 19.7. The predicted molar refractivity (Wildman–Crippen MR) is 125 cm³/mol. The molecule has 5 rings (SSSR count). The summed E-state index contributed by atoms with van der Waals surface area (Å²) in [5.41, 5.74) is 9.55. The molecule has 0 saturated carbocycles. The van der Waals surface area contributed by atoms with E-state index in [4.69, 9.17) is 15.7 Å². The Balaban J connectivity index is 1.59. The molecule has 1 amide bonds. The number of nitrogens with two attached hydrogens (primary N) is 1. The number of benzene rings is 2. The predicted octanol–water partition coefficient (Wildman–Crippen LogP) is 4.06. The van der Waals surface area contributed by atoms with Crippen molar-refractivity contribution in [1.82, 2.24) is 14.9 Å². The van der Waals surface area contributed by atoms with Crippen molar-refractivity contribution in [2.75, 3.05) is 18.9 Å². The van der Waals surface area contributed by atoms with Crippen molar-refractivity contribution in [2.45, 2.75) is 19.5 Å². The first-order valence-corrected chi connectivity index (χ1v) is 11.1. The summed E-state index contributed by atoms with van der Waals surface area (Å²) in [4.78, 5) is 25.0. The lowest BCUT2D eigenvalue weighted by molar-refractivity contribution is 0.100. The van der Waals surface area contributed by atoms with Crippen LogP contribution in [0.3, 0.4) is 0 Å². The van der Waals surface area contributed by atoms with E-state index in [2.05, 4.69) is 29.4 Å². The van der Waals surface area contributed by atoms with Crippen molar-refractivity contribution in [3.05, 3.63) is 76.3 Å². The van der Waals surface area contributed by atoms with Crippen LogP contribution in [0.4, 0.5) is 5.82 Å². The summed E-state index contributed by atoms with van der Waals surface area (Å²) in [5, 5.41) is 7.33. The Bertz CT molecular complexity index is 1270. The molecular weight excluding hydrogens is 406 g/mol. The SMILES string of the molecule is CN1CCc2nc(-c3scc4c(C(N)=O)cccc34)nc(NCc3ccccc3)c2C1. The van der Waals surface area contributed by atoms with Gasteiger partial charge in [0.05, 0.1) is 10.6 Å². The molecule has 31 heavy (non-hydrogen) atoms. The molecule has 0 atom stereocenters. The molecule has 6 nitrogen and oxygen atoms in total. The van der Waals surface area contributed by atoms with E-state index in [1.807, 2.05) is 35.7 Å². The van der Waals surface area contributed by atoms with Crippen LogP contribution in [0.15, 0.2) is 53.9 Å². The van der Waals surface area contributed by atoms with Gasteiger partial charge in [-0.2, -0.15) is 0 Å². The van der Waals surface area contributed by atoms with E-state index in [0.717, 1.165) is 52.2 Å². The van der Waals surface area contributed by atoms with Crippen LogP contribution >= 0.6 is 11.3 Å². The summed E-state index contributed by atoms with van der Waals surface area (Å²) >= 11 is 1.55. The lowest BCUT2D eigenvalue weighted by atomic mass is 10.0. The van der Waals surface area contributed by atoms with Gasteiger partial charge in [-0.15, -0.1) is 11.3 Å². The molecule has 0 radical (unpaired) electrons. The van der Waals surface area contributed by atoms with Gasteiger partial charge in [0.15, 0.2) is 5.82 Å². The van der Waals surface area contributed by atoms with Crippen LogP contribution in [0, 0.1) is 0 Å². The maximum Gasteiger partial charge on any atom is 0.249 e. The Morgan fingerprint density at radius 3 is 2.77 bits per heavy atom. The fourth-order valence-electron chi connectivity index (χ4n) is 4.04. The van der Waals surface area contributed by atoms with E-state index >= 15 is 0 Å². The Morgan fingerprint density at radius 1 is 1.13 bits per heavy atom. The molecule has 0 saturated heterocycles. The summed E-state index contributed by atoms with van der Waals surface area (Å²) in [6.45, 7) is 2.49. The highest BCUT2D eigenvalue weighted by molar-refractivity contribution is 7.15. The number of nitrogens with one attached hydrogen (secondary N) is 1. The van der Waals surface area contributed by atoms with Gasteiger partial charge in [-0.1, -0.05) is 42.5 Å². The summed E-state index contributed by atoms with van der Waals surface area (Å²) in [6, 6.07) is 15.9. The third kappa shape index (κ3) is 3.78. The molecule has 3 heterocycles. The molecular formula is C24H23N5OS. The smallest absolute Gasteiger partial charge is 0.249 e. The molecule has 2 aromatic heterocycles. The van der Waals surface area contributed by atoms with Gasteiger partial charge in [-0.25, -0.2) is 9.97 Å². The highest BCUT2D eigenvalue weighted by atomic mass is 32.1. The number of aromatic nitrogens is 2. The van der Waals surface area contributed by atoms with Gasteiger partial charge in [0, 0.05) is 53.3 Å². The Hall–Kier alpha value is -3.29. The quantitative estimate of drug-likeness (QED) is 0.500. The van der Waals surface area contributed by atoms with E-state index in [9.17, 15) is 4.79 Å². The fraction of sp³-hybridized carbons (Fsp3) is 0.208. The maximum atomic E-state index is 11.8. The molecule has 7 heteroatoms. The third-order valence-corrected chi connectivity index (χ3v) is 6.66. The fourth-order valence-corrected chi connectivity index (χ4v) is 5.03. The largest absolute Gasteiger partial charge is 0.366 e. The number of likely N-dealkylation sites (N-methyl/N-ethyl adjacent to an activating group) is 1. The minimum absolute atomic E-state index is 0.422. The Labute approximate surface area is 184 Å². The number of fused-ring (bicyclic) bond motifs is 2. The number of hydrogen-bond donors (Lipinski definition) is 2. The van der Waals surface area contributed by atoms with Gasteiger partial charge < -0.3 is 16.0 Å². The second kappa shape index (κ2) is 8.09. The summed E-state index contributed by atoms with van der Waals surface area (Å²) in [7, 11) is 2.12. The van der Waals surface area contributed by atoms with Crippen molar-refractivity contribution < 1.29 is 4.79 Å². The molecule has 0 unspecified atom stereocenters. The molecule has 4 aromatic rings. The number of thiophene rings is 1. The van der Waals surface area contributed by atoms with Gasteiger partial charge in [-0.3, -0.25) is 4.79 Å². The van der Waals surface area contributed by atoms with Gasteiger partial charge in [0.2, 0.25) is 5.91 Å². The second-order valence-electron chi connectivity index (χ2n) is 7.84. The molecule has 0 aliphatic carbocycles. The van der Waals surface area contributed by atoms with Crippen molar-refractivity contribution in [3.63, 3.8) is 0 Å². The Morgan fingerprint density at radius 2 is 1.97 bits per heavy atom.